The van der Waals surface area contributed by atoms with E-state index in [1.165, 1.54) is 17.7 Å². The number of rotatable bonds is 8. The fraction of sp³-hybridized carbons (Fsp3) is 0.429. The van der Waals surface area contributed by atoms with E-state index in [0.717, 1.165) is 62.7 Å². The van der Waals surface area contributed by atoms with Crippen molar-refractivity contribution in [3.05, 3.63) is 77.5 Å². The van der Waals surface area contributed by atoms with Gasteiger partial charge in [0.15, 0.2) is 0 Å². The second kappa shape index (κ2) is 11.5. The number of ether oxygens (including phenoxy) is 1. The van der Waals surface area contributed by atoms with Crippen LogP contribution in [-0.2, 0) is 4.74 Å². The van der Waals surface area contributed by atoms with Gasteiger partial charge >= 0.3 is 0 Å². The Hall–Kier alpha value is -2.83. The lowest BCUT2D eigenvalue weighted by atomic mass is 9.93. The van der Waals surface area contributed by atoms with Crippen LogP contribution in [0.5, 0.6) is 0 Å². The van der Waals surface area contributed by atoms with Gasteiger partial charge in [0.05, 0.1) is 18.9 Å². The second-order valence-electron chi connectivity index (χ2n) is 9.17. The van der Waals surface area contributed by atoms with E-state index in [2.05, 4.69) is 48.5 Å². The Morgan fingerprint density at radius 2 is 2.12 bits per heavy atom. The molecule has 3 heterocycles. The highest BCUT2D eigenvalue weighted by Gasteiger charge is 2.24. The maximum Gasteiger partial charge on any atom is 0.135 e. The van der Waals surface area contributed by atoms with Crippen LogP contribution >= 0.6 is 0 Å². The number of piperidine rings is 1. The molecule has 180 valence electrons. The number of nitrogens with one attached hydrogen (secondary N) is 1. The summed E-state index contributed by atoms with van der Waals surface area (Å²) in [5.74, 6) is 1.93. The van der Waals surface area contributed by atoms with Crippen LogP contribution in [0.1, 0.15) is 50.5 Å². The van der Waals surface area contributed by atoms with Crippen molar-refractivity contribution in [1.29, 1.82) is 0 Å². The van der Waals surface area contributed by atoms with Crippen LogP contribution in [0.2, 0.25) is 0 Å². The molecule has 1 aromatic heterocycles. The molecule has 2 aliphatic heterocycles. The number of hydrogen-bond donors (Lipinski definition) is 1. The lowest BCUT2D eigenvalue weighted by molar-refractivity contribution is -0.0116. The van der Waals surface area contributed by atoms with E-state index in [1.54, 1.807) is 6.07 Å². The van der Waals surface area contributed by atoms with Crippen LogP contribution in [0.15, 0.2) is 60.2 Å². The van der Waals surface area contributed by atoms with Gasteiger partial charge in [0, 0.05) is 30.1 Å². The standard InChI is InChI=1S/C28H35FN4O/c1-4-6-9-21(23-18-34-19-23)14-20(5-2)26-16-27(30-25-12-7-11-24(29)15-25)32-28(31-26)22-10-8-13-33(3)17-22/h5-7,9,11-12,14-16,22-23H,4,8,10,13,17-19H2,1-3H3,(H,30,31,32)/b9-6+,20-5+,21-14+. The predicted octanol–water partition coefficient (Wildman–Crippen LogP) is 6.11. The first-order valence-corrected chi connectivity index (χ1v) is 12.3. The number of likely N-dealkylation sites (N-methyl/N-ethyl adjacent to an activating group) is 1. The molecule has 2 fully saturated rings. The highest BCUT2D eigenvalue weighted by atomic mass is 19.1. The highest BCUT2D eigenvalue weighted by molar-refractivity contribution is 5.75. The average Bonchev–Trinajstić information content (AvgIpc) is 2.79. The van der Waals surface area contributed by atoms with Crippen LogP contribution in [0.3, 0.4) is 0 Å². The van der Waals surface area contributed by atoms with Crippen molar-refractivity contribution in [3.8, 4) is 0 Å². The fourth-order valence-corrected chi connectivity index (χ4v) is 4.42. The zero-order valence-corrected chi connectivity index (χ0v) is 20.4. The zero-order chi connectivity index (χ0) is 23.9. The van der Waals surface area contributed by atoms with Gasteiger partial charge in [-0.1, -0.05) is 31.2 Å². The van der Waals surface area contributed by atoms with Gasteiger partial charge in [0.2, 0.25) is 0 Å². The largest absolute Gasteiger partial charge is 0.380 e. The molecule has 0 saturated carbocycles. The number of benzene rings is 1. The molecule has 0 amide bonds. The van der Waals surface area contributed by atoms with Crippen LogP contribution in [0.4, 0.5) is 15.9 Å². The molecule has 0 spiro atoms. The van der Waals surface area contributed by atoms with E-state index in [9.17, 15) is 4.39 Å². The minimum Gasteiger partial charge on any atom is -0.380 e. The molecular formula is C28H35FN4O. The van der Waals surface area contributed by atoms with Crippen LogP contribution in [0.25, 0.3) is 5.57 Å². The van der Waals surface area contributed by atoms with Gasteiger partial charge in [-0.2, -0.15) is 0 Å². The topological polar surface area (TPSA) is 50.3 Å². The minimum atomic E-state index is -0.277. The summed E-state index contributed by atoms with van der Waals surface area (Å²) in [6, 6.07) is 8.43. The Morgan fingerprint density at radius 3 is 2.79 bits per heavy atom. The summed E-state index contributed by atoms with van der Waals surface area (Å²) >= 11 is 0. The Balaban J connectivity index is 1.72. The summed E-state index contributed by atoms with van der Waals surface area (Å²) in [5, 5.41) is 3.30. The quantitative estimate of drug-likeness (QED) is 0.480. The minimum absolute atomic E-state index is 0.272. The fourth-order valence-electron chi connectivity index (χ4n) is 4.42. The van der Waals surface area contributed by atoms with E-state index < -0.39 is 0 Å². The molecule has 4 rings (SSSR count). The predicted molar refractivity (Wildman–Crippen MR) is 137 cm³/mol. The van der Waals surface area contributed by atoms with Crippen molar-refractivity contribution in [1.82, 2.24) is 14.9 Å². The molecule has 0 aliphatic carbocycles. The summed E-state index contributed by atoms with van der Waals surface area (Å²) in [7, 11) is 2.15. The van der Waals surface area contributed by atoms with Crippen molar-refractivity contribution in [2.24, 2.45) is 5.92 Å². The first-order valence-electron chi connectivity index (χ1n) is 12.3. The molecule has 0 bridgehead atoms. The number of likely N-dealkylation sites (tertiary alicyclic amines) is 1. The summed E-state index contributed by atoms with van der Waals surface area (Å²) < 4.78 is 19.2. The highest BCUT2D eigenvalue weighted by Crippen LogP contribution is 2.30. The van der Waals surface area contributed by atoms with Gasteiger partial charge < -0.3 is 15.0 Å². The molecule has 1 unspecified atom stereocenters. The van der Waals surface area contributed by atoms with Crippen LogP contribution in [-0.4, -0.2) is 48.2 Å². The summed E-state index contributed by atoms with van der Waals surface area (Å²) in [6.07, 6.45) is 11.9. The van der Waals surface area contributed by atoms with Crippen molar-refractivity contribution in [2.75, 3.05) is 38.7 Å². The Labute approximate surface area is 202 Å². The van der Waals surface area contributed by atoms with Crippen molar-refractivity contribution in [3.63, 3.8) is 0 Å². The van der Waals surface area contributed by atoms with Gasteiger partial charge in [0.25, 0.3) is 0 Å². The third-order valence-electron chi connectivity index (χ3n) is 6.41. The lowest BCUT2D eigenvalue weighted by Gasteiger charge is -2.29. The number of nitrogens with zero attached hydrogens (tertiary/aromatic N) is 3. The molecule has 6 heteroatoms. The number of anilines is 2. The molecule has 1 N–H and O–H groups in total. The first kappa shape index (κ1) is 24.3. The van der Waals surface area contributed by atoms with Crippen molar-refractivity contribution < 1.29 is 9.13 Å². The maximum absolute atomic E-state index is 13.8. The first-order chi connectivity index (χ1) is 16.6. The van der Waals surface area contributed by atoms with Crippen LogP contribution in [0, 0.1) is 11.7 Å². The smallest absolute Gasteiger partial charge is 0.135 e. The van der Waals surface area contributed by atoms with Crippen LogP contribution < -0.4 is 5.32 Å². The Kier molecular flexibility index (Phi) is 8.25. The molecule has 0 radical (unpaired) electrons. The van der Waals surface area contributed by atoms with E-state index in [0.29, 0.717) is 17.4 Å². The van der Waals surface area contributed by atoms with E-state index in [4.69, 9.17) is 14.7 Å². The number of hydrogen-bond acceptors (Lipinski definition) is 5. The Bertz CT molecular complexity index is 1070. The van der Waals surface area contributed by atoms with Gasteiger partial charge in [-0.05, 0) is 75.2 Å². The number of allylic oxidation sites excluding steroid dienone is 5. The maximum atomic E-state index is 13.8. The van der Waals surface area contributed by atoms with Crippen molar-refractivity contribution in [2.45, 2.75) is 39.0 Å². The molecular weight excluding hydrogens is 427 g/mol. The third kappa shape index (κ3) is 6.19. The molecule has 34 heavy (non-hydrogen) atoms. The summed E-state index contributed by atoms with van der Waals surface area (Å²) in [4.78, 5) is 12.2. The van der Waals surface area contributed by atoms with E-state index in [-0.39, 0.29) is 11.7 Å². The number of halogens is 1. The van der Waals surface area contributed by atoms with Crippen molar-refractivity contribution >= 4 is 17.1 Å². The molecule has 1 atom stereocenters. The average molecular weight is 463 g/mol. The monoisotopic (exact) mass is 462 g/mol. The van der Waals surface area contributed by atoms with Gasteiger partial charge in [-0.3, -0.25) is 0 Å². The Morgan fingerprint density at radius 1 is 1.26 bits per heavy atom. The second-order valence-corrected chi connectivity index (χ2v) is 9.17. The molecule has 1 aromatic carbocycles. The molecule has 2 aromatic rings. The summed E-state index contributed by atoms with van der Waals surface area (Å²) in [6.45, 7) is 7.74. The SMILES string of the molecule is C\C=C(/C=C(\C=C\CC)C1COC1)c1cc(Nc2cccc(F)c2)nc(C2CCCN(C)C2)n1. The van der Waals surface area contributed by atoms with E-state index >= 15 is 0 Å². The third-order valence-corrected chi connectivity index (χ3v) is 6.41. The number of aromatic nitrogens is 2. The lowest BCUT2D eigenvalue weighted by Crippen LogP contribution is -2.31. The van der Waals surface area contributed by atoms with Gasteiger partial charge in [0.1, 0.15) is 17.5 Å². The molecule has 5 nitrogen and oxygen atoms in total. The van der Waals surface area contributed by atoms with Gasteiger partial charge in [-0.15, -0.1) is 0 Å². The van der Waals surface area contributed by atoms with E-state index in [1.807, 2.05) is 19.1 Å². The molecule has 2 aliphatic rings. The normalized spacial score (nSPS) is 20.5. The summed E-state index contributed by atoms with van der Waals surface area (Å²) in [5.41, 5.74) is 3.87. The zero-order valence-electron chi connectivity index (χ0n) is 20.4. The molecule has 2 saturated heterocycles. The van der Waals surface area contributed by atoms with Gasteiger partial charge in [-0.25, -0.2) is 14.4 Å².